The summed E-state index contributed by atoms with van der Waals surface area (Å²) in [6, 6.07) is 5.38. The molecule has 1 aromatic carbocycles. The van der Waals surface area contributed by atoms with Gasteiger partial charge in [0.25, 0.3) is 5.91 Å². The molecule has 0 bridgehead atoms. The fourth-order valence-electron chi connectivity index (χ4n) is 1.85. The second kappa shape index (κ2) is 5.63. The lowest BCUT2D eigenvalue weighted by molar-refractivity contribution is -0.122. The van der Waals surface area contributed by atoms with Crippen LogP contribution >= 0.6 is 0 Å². The second-order valence-corrected chi connectivity index (χ2v) is 5.94. The van der Waals surface area contributed by atoms with Crippen LogP contribution in [0.1, 0.15) is 33.3 Å². The van der Waals surface area contributed by atoms with Crippen molar-refractivity contribution >= 4 is 17.7 Å². The summed E-state index contributed by atoms with van der Waals surface area (Å²) in [6.45, 7) is 7.42. The molecular weight excluding hydrogens is 272 g/mol. The van der Waals surface area contributed by atoms with Crippen LogP contribution < -0.4 is 15.4 Å². The number of anilines is 1. The first-order valence-corrected chi connectivity index (χ1v) is 6.82. The molecule has 6 heteroatoms. The van der Waals surface area contributed by atoms with Gasteiger partial charge >= 0.3 is 6.09 Å². The van der Waals surface area contributed by atoms with Crippen molar-refractivity contribution in [3.8, 4) is 5.75 Å². The molecule has 21 heavy (non-hydrogen) atoms. The Hall–Kier alpha value is -2.24. The van der Waals surface area contributed by atoms with Crippen molar-refractivity contribution in [1.82, 2.24) is 5.32 Å². The van der Waals surface area contributed by atoms with Crippen LogP contribution in [0.2, 0.25) is 0 Å². The highest BCUT2D eigenvalue weighted by atomic mass is 16.6. The van der Waals surface area contributed by atoms with Crippen LogP contribution in [0, 0.1) is 0 Å². The third kappa shape index (κ3) is 4.11. The van der Waals surface area contributed by atoms with Gasteiger partial charge in [-0.25, -0.2) is 4.79 Å². The maximum absolute atomic E-state index is 11.6. The molecule has 1 aliphatic rings. The van der Waals surface area contributed by atoms with Gasteiger partial charge in [0.05, 0.1) is 5.69 Å². The van der Waals surface area contributed by atoms with E-state index in [1.807, 2.05) is 6.07 Å². The maximum Gasteiger partial charge on any atom is 0.407 e. The molecule has 1 unspecified atom stereocenters. The number of alkyl carbamates (subject to hydrolysis) is 1. The molecule has 0 radical (unpaired) electrons. The average Bonchev–Trinajstić information content (AvgIpc) is 2.36. The van der Waals surface area contributed by atoms with Crippen molar-refractivity contribution < 1.29 is 19.1 Å². The summed E-state index contributed by atoms with van der Waals surface area (Å²) >= 11 is 0. The molecular formula is C15H20N2O4. The Kier molecular flexibility index (Phi) is 4.06. The smallest absolute Gasteiger partial charge is 0.407 e. The van der Waals surface area contributed by atoms with E-state index in [-0.39, 0.29) is 5.91 Å². The first-order valence-electron chi connectivity index (χ1n) is 6.82. The Labute approximate surface area is 123 Å². The Bertz CT molecular complexity index is 563. The van der Waals surface area contributed by atoms with Crippen molar-refractivity contribution in [3.05, 3.63) is 23.8 Å². The predicted octanol–water partition coefficient (Wildman–Crippen LogP) is 2.43. The minimum Gasteiger partial charge on any atom is -0.479 e. The number of carbonyl (C=O) groups is 2. The topological polar surface area (TPSA) is 76.7 Å². The van der Waals surface area contributed by atoms with Crippen molar-refractivity contribution in [2.24, 2.45) is 0 Å². The number of carbonyl (C=O) groups excluding carboxylic acids is 2. The van der Waals surface area contributed by atoms with Crippen LogP contribution in [0.5, 0.6) is 5.75 Å². The lowest BCUT2D eigenvalue weighted by Crippen LogP contribution is -2.34. The van der Waals surface area contributed by atoms with Crippen LogP contribution in [0.3, 0.4) is 0 Å². The summed E-state index contributed by atoms with van der Waals surface area (Å²) in [6.07, 6.45) is -0.975. The molecule has 1 heterocycles. The van der Waals surface area contributed by atoms with Crippen LogP contribution in [-0.4, -0.2) is 23.7 Å². The second-order valence-electron chi connectivity index (χ2n) is 5.94. The SMILES string of the molecule is CC1Oc2ccc(CNC(=O)OC(C)(C)C)cc2NC1=O. The largest absolute Gasteiger partial charge is 0.479 e. The van der Waals surface area contributed by atoms with Crippen molar-refractivity contribution in [3.63, 3.8) is 0 Å². The summed E-state index contributed by atoms with van der Waals surface area (Å²) in [4.78, 5) is 23.2. The molecule has 2 N–H and O–H groups in total. The van der Waals surface area contributed by atoms with E-state index in [1.165, 1.54) is 0 Å². The number of ether oxygens (including phenoxy) is 2. The molecule has 0 saturated carbocycles. The Morgan fingerprint density at radius 3 is 2.81 bits per heavy atom. The van der Waals surface area contributed by atoms with Crippen LogP contribution in [-0.2, 0) is 16.1 Å². The van der Waals surface area contributed by atoms with Gasteiger partial charge in [0.2, 0.25) is 0 Å². The number of hydrogen-bond acceptors (Lipinski definition) is 4. The summed E-state index contributed by atoms with van der Waals surface area (Å²) in [5, 5.41) is 5.44. The van der Waals surface area contributed by atoms with E-state index in [4.69, 9.17) is 9.47 Å². The normalized spacial score (nSPS) is 17.3. The predicted molar refractivity (Wildman–Crippen MR) is 78.2 cm³/mol. The van der Waals surface area contributed by atoms with Gasteiger partial charge in [-0.2, -0.15) is 0 Å². The molecule has 0 fully saturated rings. The number of fused-ring (bicyclic) bond motifs is 1. The van der Waals surface area contributed by atoms with Gasteiger partial charge in [0.1, 0.15) is 11.4 Å². The molecule has 2 amide bonds. The van der Waals surface area contributed by atoms with Gasteiger partial charge in [-0.3, -0.25) is 4.79 Å². The fourth-order valence-corrected chi connectivity index (χ4v) is 1.85. The number of amides is 2. The summed E-state index contributed by atoms with van der Waals surface area (Å²) in [7, 11) is 0. The number of rotatable bonds is 2. The van der Waals surface area contributed by atoms with E-state index in [9.17, 15) is 9.59 Å². The van der Waals surface area contributed by atoms with Gasteiger partial charge in [0, 0.05) is 6.54 Å². The van der Waals surface area contributed by atoms with Crippen LogP contribution in [0.4, 0.5) is 10.5 Å². The van der Waals surface area contributed by atoms with E-state index in [2.05, 4.69) is 10.6 Å². The molecule has 6 nitrogen and oxygen atoms in total. The van der Waals surface area contributed by atoms with Gasteiger partial charge in [-0.15, -0.1) is 0 Å². The third-order valence-electron chi connectivity index (χ3n) is 2.81. The third-order valence-corrected chi connectivity index (χ3v) is 2.81. The fraction of sp³-hybridized carbons (Fsp3) is 0.467. The summed E-state index contributed by atoms with van der Waals surface area (Å²) < 4.78 is 10.6. The standard InChI is InChI=1S/C15H20N2O4/c1-9-13(18)17-11-7-10(5-6-12(11)20-9)8-16-14(19)21-15(2,3)4/h5-7,9H,8H2,1-4H3,(H,16,19)(H,17,18). The lowest BCUT2D eigenvalue weighted by atomic mass is 10.1. The van der Waals surface area contributed by atoms with E-state index in [0.717, 1.165) is 5.56 Å². The van der Waals surface area contributed by atoms with E-state index >= 15 is 0 Å². The zero-order valence-electron chi connectivity index (χ0n) is 12.6. The molecule has 2 rings (SSSR count). The van der Waals surface area contributed by atoms with Crippen molar-refractivity contribution in [2.75, 3.05) is 5.32 Å². The summed E-state index contributed by atoms with van der Waals surface area (Å²) in [5.74, 6) is 0.447. The lowest BCUT2D eigenvalue weighted by Gasteiger charge is -2.24. The molecule has 1 atom stereocenters. The Balaban J connectivity index is 1.98. The minimum absolute atomic E-state index is 0.181. The molecule has 114 valence electrons. The van der Waals surface area contributed by atoms with Gasteiger partial charge in [-0.05, 0) is 45.4 Å². The van der Waals surface area contributed by atoms with E-state index in [1.54, 1.807) is 39.8 Å². The molecule has 0 spiro atoms. The number of benzene rings is 1. The van der Waals surface area contributed by atoms with Crippen LogP contribution in [0.15, 0.2) is 18.2 Å². The highest BCUT2D eigenvalue weighted by molar-refractivity contribution is 5.97. The number of nitrogens with one attached hydrogen (secondary N) is 2. The van der Waals surface area contributed by atoms with E-state index in [0.29, 0.717) is 18.0 Å². The molecule has 0 aromatic heterocycles. The van der Waals surface area contributed by atoms with Gasteiger partial charge in [-0.1, -0.05) is 6.07 Å². The molecule has 0 aliphatic carbocycles. The first-order chi connectivity index (χ1) is 9.74. The molecule has 0 saturated heterocycles. The molecule has 1 aliphatic heterocycles. The highest BCUT2D eigenvalue weighted by Crippen LogP contribution is 2.30. The Morgan fingerprint density at radius 2 is 2.14 bits per heavy atom. The zero-order chi connectivity index (χ0) is 15.6. The molecule has 1 aromatic rings. The van der Waals surface area contributed by atoms with Crippen molar-refractivity contribution in [1.29, 1.82) is 0 Å². The zero-order valence-corrected chi connectivity index (χ0v) is 12.6. The van der Waals surface area contributed by atoms with E-state index < -0.39 is 17.8 Å². The quantitative estimate of drug-likeness (QED) is 0.877. The number of hydrogen-bond donors (Lipinski definition) is 2. The van der Waals surface area contributed by atoms with Gasteiger partial charge in [0.15, 0.2) is 6.10 Å². The average molecular weight is 292 g/mol. The highest BCUT2D eigenvalue weighted by Gasteiger charge is 2.23. The monoisotopic (exact) mass is 292 g/mol. The Morgan fingerprint density at radius 1 is 1.43 bits per heavy atom. The summed E-state index contributed by atoms with van der Waals surface area (Å²) in [5.41, 5.74) is 0.928. The van der Waals surface area contributed by atoms with Crippen molar-refractivity contribution in [2.45, 2.75) is 45.9 Å². The van der Waals surface area contributed by atoms with Crippen LogP contribution in [0.25, 0.3) is 0 Å². The maximum atomic E-state index is 11.6. The van der Waals surface area contributed by atoms with Gasteiger partial charge < -0.3 is 20.1 Å². The minimum atomic E-state index is -0.530. The first kappa shape index (κ1) is 15.2.